The quantitative estimate of drug-likeness (QED) is 0.698. The molecule has 1 N–H and O–H groups in total. The third-order valence-electron chi connectivity index (χ3n) is 4.10. The highest BCUT2D eigenvalue weighted by Crippen LogP contribution is 2.30. The van der Waals surface area contributed by atoms with Crippen molar-refractivity contribution in [3.63, 3.8) is 0 Å². The Morgan fingerprint density at radius 1 is 1.16 bits per heavy atom. The molecular formula is C19H27N3O2S. The molecule has 1 aromatic carbocycles. The number of nitrogens with zero attached hydrogens (tertiary/aromatic N) is 2. The first kappa shape index (κ1) is 19.4. The Kier molecular flexibility index (Phi) is 7.37. The van der Waals surface area contributed by atoms with Gasteiger partial charge in [0.1, 0.15) is 6.54 Å². The summed E-state index contributed by atoms with van der Waals surface area (Å²) in [6.07, 6.45) is 2.92. The van der Waals surface area contributed by atoms with Crippen molar-refractivity contribution in [1.82, 2.24) is 14.8 Å². The summed E-state index contributed by atoms with van der Waals surface area (Å²) in [6, 6.07) is 8.02. The number of aromatic nitrogens is 1. The fraction of sp³-hybridized carbons (Fsp3) is 0.474. The van der Waals surface area contributed by atoms with Crippen molar-refractivity contribution in [3.05, 3.63) is 30.5 Å². The lowest BCUT2D eigenvalue weighted by Crippen LogP contribution is -2.33. The van der Waals surface area contributed by atoms with Crippen molar-refractivity contribution in [3.8, 4) is 0 Å². The summed E-state index contributed by atoms with van der Waals surface area (Å²) in [5.74, 6) is 0.545. The van der Waals surface area contributed by atoms with Crippen LogP contribution in [0.25, 0.3) is 10.9 Å². The van der Waals surface area contributed by atoms with Gasteiger partial charge in [0.25, 0.3) is 0 Å². The van der Waals surface area contributed by atoms with Gasteiger partial charge in [0.2, 0.25) is 11.8 Å². The zero-order chi connectivity index (χ0) is 18.2. The van der Waals surface area contributed by atoms with Gasteiger partial charge in [-0.15, -0.1) is 11.8 Å². The molecule has 0 saturated carbocycles. The molecule has 0 fully saturated rings. The molecular weight excluding hydrogens is 334 g/mol. The van der Waals surface area contributed by atoms with Gasteiger partial charge in [0, 0.05) is 41.6 Å². The van der Waals surface area contributed by atoms with E-state index >= 15 is 0 Å². The van der Waals surface area contributed by atoms with E-state index in [0.29, 0.717) is 31.9 Å². The van der Waals surface area contributed by atoms with Gasteiger partial charge in [-0.1, -0.05) is 25.1 Å². The number of benzene rings is 1. The number of hydrogen-bond acceptors (Lipinski definition) is 3. The summed E-state index contributed by atoms with van der Waals surface area (Å²) >= 11 is 1.52. The maximum absolute atomic E-state index is 12.4. The highest BCUT2D eigenvalue weighted by Gasteiger charge is 2.15. The van der Waals surface area contributed by atoms with E-state index in [4.69, 9.17) is 0 Å². The van der Waals surface area contributed by atoms with Crippen molar-refractivity contribution in [2.45, 2.75) is 38.6 Å². The molecule has 0 aliphatic carbocycles. The Morgan fingerprint density at radius 3 is 2.56 bits per heavy atom. The van der Waals surface area contributed by atoms with Crippen LogP contribution in [0.5, 0.6) is 0 Å². The summed E-state index contributed by atoms with van der Waals surface area (Å²) in [5.41, 5.74) is 1.03. The van der Waals surface area contributed by atoms with Crippen molar-refractivity contribution < 1.29 is 9.59 Å². The Bertz CT molecular complexity index is 723. The van der Waals surface area contributed by atoms with Crippen LogP contribution >= 0.6 is 11.8 Å². The maximum Gasteiger partial charge on any atom is 0.242 e. The zero-order valence-corrected chi connectivity index (χ0v) is 16.1. The summed E-state index contributed by atoms with van der Waals surface area (Å²) in [5, 5.41) is 3.98. The normalized spacial score (nSPS) is 10.8. The summed E-state index contributed by atoms with van der Waals surface area (Å²) in [7, 11) is 0. The number of carbonyl (C=O) groups is 2. The first-order valence-electron chi connectivity index (χ1n) is 8.85. The lowest BCUT2D eigenvalue weighted by molar-refractivity contribution is -0.131. The van der Waals surface area contributed by atoms with Crippen molar-refractivity contribution in [2.75, 3.05) is 25.4 Å². The molecule has 25 heavy (non-hydrogen) atoms. The van der Waals surface area contributed by atoms with Gasteiger partial charge >= 0.3 is 0 Å². The smallest absolute Gasteiger partial charge is 0.242 e. The lowest BCUT2D eigenvalue weighted by Gasteiger charge is -2.19. The Hall–Kier alpha value is -1.95. The van der Waals surface area contributed by atoms with Gasteiger partial charge in [0.05, 0.1) is 5.75 Å². The van der Waals surface area contributed by atoms with Gasteiger partial charge in [-0.3, -0.25) is 9.59 Å². The molecule has 0 unspecified atom stereocenters. The first-order valence-corrected chi connectivity index (χ1v) is 9.84. The van der Waals surface area contributed by atoms with E-state index in [2.05, 4.69) is 5.32 Å². The predicted octanol–water partition coefficient (Wildman–Crippen LogP) is 3.13. The molecule has 0 atom stereocenters. The lowest BCUT2D eigenvalue weighted by atomic mass is 10.2. The Balaban J connectivity index is 2.16. The van der Waals surface area contributed by atoms with Gasteiger partial charge in [-0.2, -0.15) is 0 Å². The van der Waals surface area contributed by atoms with Crippen LogP contribution in [0.4, 0.5) is 0 Å². The second-order valence-electron chi connectivity index (χ2n) is 5.84. The molecule has 0 saturated heterocycles. The number of thioether (sulfide) groups is 1. The predicted molar refractivity (Wildman–Crippen MR) is 104 cm³/mol. The van der Waals surface area contributed by atoms with Crippen molar-refractivity contribution in [1.29, 1.82) is 0 Å². The third-order valence-corrected chi connectivity index (χ3v) is 5.15. The van der Waals surface area contributed by atoms with Crippen molar-refractivity contribution in [2.24, 2.45) is 0 Å². The molecule has 0 aliphatic rings. The van der Waals surface area contributed by atoms with Crippen LogP contribution < -0.4 is 5.32 Å². The van der Waals surface area contributed by atoms with E-state index in [0.717, 1.165) is 22.2 Å². The number of fused-ring (bicyclic) bond motifs is 1. The number of carbonyl (C=O) groups excluding carboxylic acids is 2. The minimum absolute atomic E-state index is 0.0444. The van der Waals surface area contributed by atoms with Crippen LogP contribution in [0, 0.1) is 0 Å². The van der Waals surface area contributed by atoms with E-state index in [1.807, 2.05) is 60.7 Å². The van der Waals surface area contributed by atoms with Gasteiger partial charge in [-0.25, -0.2) is 0 Å². The molecule has 2 aromatic rings. The molecule has 1 heterocycles. The average Bonchev–Trinajstić information content (AvgIpc) is 2.97. The molecule has 2 rings (SSSR count). The summed E-state index contributed by atoms with van der Waals surface area (Å²) in [6.45, 7) is 8.48. The van der Waals surface area contributed by atoms with Gasteiger partial charge < -0.3 is 14.8 Å². The van der Waals surface area contributed by atoms with E-state index in [1.54, 1.807) is 0 Å². The Labute approximate surface area is 153 Å². The van der Waals surface area contributed by atoms with Crippen LogP contribution in [-0.4, -0.2) is 46.7 Å². The highest BCUT2D eigenvalue weighted by atomic mass is 32.2. The van der Waals surface area contributed by atoms with Crippen LogP contribution in [0.3, 0.4) is 0 Å². The fourth-order valence-corrected chi connectivity index (χ4v) is 3.66. The molecule has 1 aromatic heterocycles. The number of nitrogens with one attached hydrogen (secondary N) is 1. The number of hydrogen-bond donors (Lipinski definition) is 1. The molecule has 0 aliphatic heterocycles. The first-order chi connectivity index (χ1) is 12.1. The SMILES string of the molecule is CCCNC(=O)CSc1cn(CC(=O)N(CC)CC)c2ccccc12. The molecule has 5 nitrogen and oxygen atoms in total. The van der Waals surface area contributed by atoms with Gasteiger partial charge in [0.15, 0.2) is 0 Å². The van der Waals surface area contributed by atoms with Crippen LogP contribution in [0.2, 0.25) is 0 Å². The topological polar surface area (TPSA) is 54.3 Å². The van der Waals surface area contributed by atoms with Crippen molar-refractivity contribution >= 4 is 34.5 Å². The van der Waals surface area contributed by atoms with E-state index in [9.17, 15) is 9.59 Å². The maximum atomic E-state index is 12.4. The van der Waals surface area contributed by atoms with Gasteiger partial charge in [-0.05, 0) is 26.3 Å². The minimum atomic E-state index is 0.0444. The molecule has 2 amide bonds. The molecule has 136 valence electrons. The molecule has 6 heteroatoms. The van der Waals surface area contributed by atoms with E-state index < -0.39 is 0 Å². The molecule has 0 radical (unpaired) electrons. The molecule has 0 spiro atoms. The second-order valence-corrected chi connectivity index (χ2v) is 6.86. The van der Waals surface area contributed by atoms with Crippen LogP contribution in [-0.2, 0) is 16.1 Å². The second kappa shape index (κ2) is 9.51. The molecule has 0 bridgehead atoms. The summed E-state index contributed by atoms with van der Waals surface area (Å²) in [4.78, 5) is 27.2. The Morgan fingerprint density at radius 2 is 1.88 bits per heavy atom. The van der Waals surface area contributed by atoms with E-state index in [-0.39, 0.29) is 11.8 Å². The number of amides is 2. The minimum Gasteiger partial charge on any atom is -0.355 e. The number of rotatable bonds is 9. The highest BCUT2D eigenvalue weighted by molar-refractivity contribution is 8.00. The average molecular weight is 362 g/mol. The standard InChI is InChI=1S/C19H27N3O2S/c1-4-11-20-18(23)14-25-17-12-22(13-19(24)21(5-2)6-3)16-10-8-7-9-15(16)17/h7-10,12H,4-6,11,13-14H2,1-3H3,(H,20,23). The van der Waals surface area contributed by atoms with Crippen LogP contribution in [0.15, 0.2) is 35.4 Å². The third kappa shape index (κ3) is 5.01. The summed E-state index contributed by atoms with van der Waals surface area (Å²) < 4.78 is 1.99. The number of para-hydroxylation sites is 1. The van der Waals surface area contributed by atoms with Crippen LogP contribution in [0.1, 0.15) is 27.2 Å². The monoisotopic (exact) mass is 361 g/mol. The zero-order valence-electron chi connectivity index (χ0n) is 15.2. The number of likely N-dealkylation sites (N-methyl/N-ethyl adjacent to an activating group) is 1. The fourth-order valence-electron chi connectivity index (χ4n) is 2.74. The largest absolute Gasteiger partial charge is 0.355 e. The van der Waals surface area contributed by atoms with E-state index in [1.165, 1.54) is 11.8 Å².